The van der Waals surface area contributed by atoms with E-state index >= 15 is 0 Å². The number of hydrogen-bond acceptors (Lipinski definition) is 4. The summed E-state index contributed by atoms with van der Waals surface area (Å²) in [6.07, 6.45) is 0. The summed E-state index contributed by atoms with van der Waals surface area (Å²) in [6, 6.07) is 15.3. The molecule has 126 valence electrons. The first-order valence-electron chi connectivity index (χ1n) is 7.03. The second kappa shape index (κ2) is 8.18. The van der Waals surface area contributed by atoms with Gasteiger partial charge < -0.3 is 0 Å². The highest BCUT2D eigenvalue weighted by molar-refractivity contribution is 9.10. The van der Waals surface area contributed by atoms with Gasteiger partial charge in [-0.05, 0) is 25.1 Å². The van der Waals surface area contributed by atoms with Crippen molar-refractivity contribution >= 4 is 37.6 Å². The number of nitrogens with zero attached hydrogens (tertiary/aromatic N) is 1. The highest BCUT2D eigenvalue weighted by Crippen LogP contribution is 2.16. The highest BCUT2D eigenvalue weighted by atomic mass is 79.9. The van der Waals surface area contributed by atoms with Crippen molar-refractivity contribution in [1.29, 1.82) is 0 Å². The fourth-order valence-corrected chi connectivity index (χ4v) is 3.42. The van der Waals surface area contributed by atoms with E-state index in [2.05, 4.69) is 31.2 Å². The van der Waals surface area contributed by atoms with Crippen LogP contribution in [0.3, 0.4) is 0 Å². The minimum atomic E-state index is -3.72. The van der Waals surface area contributed by atoms with E-state index in [-0.39, 0.29) is 4.90 Å². The quantitative estimate of drug-likeness (QED) is 0.566. The Morgan fingerprint density at radius 3 is 2.38 bits per heavy atom. The van der Waals surface area contributed by atoms with Crippen LogP contribution in [0.1, 0.15) is 12.5 Å². The second-order valence-electron chi connectivity index (χ2n) is 4.85. The number of sulfonamides is 1. The molecule has 0 bridgehead atoms. The lowest BCUT2D eigenvalue weighted by Crippen LogP contribution is -2.35. The van der Waals surface area contributed by atoms with Gasteiger partial charge in [0.25, 0.3) is 5.91 Å². The van der Waals surface area contributed by atoms with E-state index in [0.29, 0.717) is 5.71 Å². The fraction of sp³-hybridized carbons (Fsp3) is 0.125. The molecule has 8 heteroatoms. The van der Waals surface area contributed by atoms with Crippen LogP contribution >= 0.6 is 15.9 Å². The van der Waals surface area contributed by atoms with Crippen molar-refractivity contribution in [2.75, 3.05) is 6.54 Å². The minimum absolute atomic E-state index is 0.102. The molecule has 0 heterocycles. The highest BCUT2D eigenvalue weighted by Gasteiger charge is 2.14. The maximum atomic E-state index is 12.0. The van der Waals surface area contributed by atoms with Crippen LogP contribution in [0.25, 0.3) is 0 Å². The number of rotatable bonds is 6. The van der Waals surface area contributed by atoms with Crippen molar-refractivity contribution in [3.05, 3.63) is 64.6 Å². The molecule has 0 fully saturated rings. The maximum absolute atomic E-state index is 12.0. The van der Waals surface area contributed by atoms with Crippen LogP contribution < -0.4 is 10.1 Å². The maximum Gasteiger partial charge on any atom is 0.255 e. The minimum Gasteiger partial charge on any atom is -0.272 e. The van der Waals surface area contributed by atoms with Gasteiger partial charge in [0.2, 0.25) is 10.0 Å². The Kier molecular flexibility index (Phi) is 6.24. The Bertz CT molecular complexity index is 852. The van der Waals surface area contributed by atoms with Crippen LogP contribution in [0.15, 0.2) is 69.1 Å². The third-order valence-corrected chi connectivity index (χ3v) is 5.20. The Balaban J connectivity index is 1.94. The van der Waals surface area contributed by atoms with Gasteiger partial charge in [-0.1, -0.05) is 52.3 Å². The van der Waals surface area contributed by atoms with E-state index in [4.69, 9.17) is 0 Å². The Morgan fingerprint density at radius 2 is 1.71 bits per heavy atom. The number of halogens is 1. The number of nitrogens with one attached hydrogen (secondary N) is 2. The molecular formula is C16H16BrN3O3S. The van der Waals surface area contributed by atoms with Crippen molar-refractivity contribution in [3.63, 3.8) is 0 Å². The zero-order valence-electron chi connectivity index (χ0n) is 12.9. The topological polar surface area (TPSA) is 87.6 Å². The zero-order valence-corrected chi connectivity index (χ0v) is 15.3. The average molecular weight is 410 g/mol. The summed E-state index contributed by atoms with van der Waals surface area (Å²) in [5, 5.41) is 3.98. The zero-order chi connectivity index (χ0) is 17.6. The van der Waals surface area contributed by atoms with Gasteiger partial charge >= 0.3 is 0 Å². The molecule has 0 atom stereocenters. The van der Waals surface area contributed by atoms with Crippen LogP contribution in [-0.4, -0.2) is 26.6 Å². The van der Waals surface area contributed by atoms with Crippen LogP contribution in [0.4, 0.5) is 0 Å². The standard InChI is InChI=1S/C16H16BrN3O3S/c1-12(14-9-5-6-10-15(14)17)19-20-16(21)11-18-24(22,23)13-7-3-2-4-8-13/h2-10,18H,11H2,1H3,(H,20,21)/b19-12-. The van der Waals surface area contributed by atoms with E-state index in [1.54, 1.807) is 25.1 Å². The molecule has 0 aliphatic heterocycles. The second-order valence-corrected chi connectivity index (χ2v) is 7.47. The van der Waals surface area contributed by atoms with Gasteiger partial charge in [0.1, 0.15) is 0 Å². The van der Waals surface area contributed by atoms with Crippen molar-refractivity contribution in [2.24, 2.45) is 5.10 Å². The Morgan fingerprint density at radius 1 is 1.08 bits per heavy atom. The first-order valence-corrected chi connectivity index (χ1v) is 9.30. The Labute approximate surface area is 149 Å². The molecule has 0 aliphatic carbocycles. The summed E-state index contributed by atoms with van der Waals surface area (Å²) in [7, 11) is -3.72. The van der Waals surface area contributed by atoms with Crippen molar-refractivity contribution in [3.8, 4) is 0 Å². The molecule has 1 amide bonds. The molecule has 0 unspecified atom stereocenters. The smallest absolute Gasteiger partial charge is 0.255 e. The number of carbonyl (C=O) groups excluding carboxylic acids is 1. The Hall–Kier alpha value is -2.03. The summed E-state index contributed by atoms with van der Waals surface area (Å²) in [6.45, 7) is 1.35. The van der Waals surface area contributed by atoms with E-state index < -0.39 is 22.5 Å². The molecule has 2 rings (SSSR count). The molecule has 2 aromatic carbocycles. The average Bonchev–Trinajstić information content (AvgIpc) is 2.59. The van der Waals surface area contributed by atoms with Gasteiger partial charge in [0.15, 0.2) is 0 Å². The first-order chi connectivity index (χ1) is 11.4. The molecule has 0 saturated heterocycles. The predicted octanol–water partition coefficient (Wildman–Crippen LogP) is 2.27. The molecule has 24 heavy (non-hydrogen) atoms. The van der Waals surface area contributed by atoms with E-state index in [9.17, 15) is 13.2 Å². The monoisotopic (exact) mass is 409 g/mol. The SMILES string of the molecule is C/C(=N/NC(=O)CNS(=O)(=O)c1ccccc1)c1ccccc1Br. The lowest BCUT2D eigenvalue weighted by Gasteiger charge is -2.07. The van der Waals surface area contributed by atoms with Gasteiger partial charge in [0, 0.05) is 10.0 Å². The molecule has 2 aromatic rings. The number of amides is 1. The molecule has 6 nitrogen and oxygen atoms in total. The van der Waals surface area contributed by atoms with Crippen molar-refractivity contribution in [1.82, 2.24) is 10.1 Å². The van der Waals surface area contributed by atoms with E-state index in [1.165, 1.54) is 12.1 Å². The van der Waals surface area contributed by atoms with Crippen LogP contribution in [0.5, 0.6) is 0 Å². The van der Waals surface area contributed by atoms with Crippen LogP contribution in [-0.2, 0) is 14.8 Å². The van der Waals surface area contributed by atoms with Gasteiger partial charge in [-0.2, -0.15) is 5.10 Å². The van der Waals surface area contributed by atoms with E-state index in [1.807, 2.05) is 24.3 Å². The van der Waals surface area contributed by atoms with Crippen molar-refractivity contribution in [2.45, 2.75) is 11.8 Å². The molecule has 2 N–H and O–H groups in total. The third kappa shape index (κ3) is 4.98. The third-order valence-electron chi connectivity index (χ3n) is 3.09. The fourth-order valence-electron chi connectivity index (χ4n) is 1.84. The van der Waals surface area contributed by atoms with Gasteiger partial charge in [-0.15, -0.1) is 0 Å². The molecule has 0 radical (unpaired) electrons. The first kappa shape index (κ1) is 18.3. The number of benzene rings is 2. The number of hydrazone groups is 1. The number of carbonyl (C=O) groups is 1. The number of hydrogen-bond donors (Lipinski definition) is 2. The largest absolute Gasteiger partial charge is 0.272 e. The summed E-state index contributed by atoms with van der Waals surface area (Å²) in [5.41, 5.74) is 3.77. The predicted molar refractivity (Wildman–Crippen MR) is 96.1 cm³/mol. The van der Waals surface area contributed by atoms with Gasteiger partial charge in [-0.25, -0.2) is 18.6 Å². The summed E-state index contributed by atoms with van der Waals surface area (Å²) in [5.74, 6) is -0.555. The molecule has 0 saturated carbocycles. The lowest BCUT2D eigenvalue weighted by molar-refractivity contribution is -0.119. The van der Waals surface area contributed by atoms with Crippen LogP contribution in [0.2, 0.25) is 0 Å². The van der Waals surface area contributed by atoms with E-state index in [0.717, 1.165) is 10.0 Å². The molecular weight excluding hydrogens is 394 g/mol. The summed E-state index contributed by atoms with van der Waals surface area (Å²) < 4.78 is 27.1. The summed E-state index contributed by atoms with van der Waals surface area (Å²) in [4.78, 5) is 11.9. The van der Waals surface area contributed by atoms with Crippen LogP contribution in [0, 0.1) is 0 Å². The normalized spacial score (nSPS) is 12.0. The molecule has 0 aromatic heterocycles. The lowest BCUT2D eigenvalue weighted by atomic mass is 10.1. The molecule has 0 spiro atoms. The summed E-state index contributed by atoms with van der Waals surface area (Å²) >= 11 is 3.40. The van der Waals surface area contributed by atoms with Gasteiger partial charge in [0.05, 0.1) is 17.2 Å². The van der Waals surface area contributed by atoms with Gasteiger partial charge in [-0.3, -0.25) is 4.79 Å². The molecule has 0 aliphatic rings. The van der Waals surface area contributed by atoms with Crippen molar-refractivity contribution < 1.29 is 13.2 Å².